The molecule has 70 valence electrons. The molecule has 0 rings (SSSR count). The molecule has 2 unspecified atom stereocenters. The van der Waals surface area contributed by atoms with Crippen LogP contribution in [0.25, 0.3) is 0 Å². The number of hydrogen-bond donors (Lipinski definition) is 1. The molecule has 0 aliphatic rings. The van der Waals surface area contributed by atoms with E-state index >= 15 is 0 Å². The van der Waals surface area contributed by atoms with Gasteiger partial charge >= 0.3 is 0 Å². The molecule has 0 saturated carbocycles. The van der Waals surface area contributed by atoms with E-state index in [2.05, 4.69) is 20.4 Å². The zero-order valence-corrected chi connectivity index (χ0v) is 8.84. The van der Waals surface area contributed by atoms with E-state index in [1.54, 1.807) is 23.9 Å². The minimum absolute atomic E-state index is 0.112. The highest BCUT2D eigenvalue weighted by Gasteiger charge is 2.14. The Morgan fingerprint density at radius 2 is 2.00 bits per heavy atom. The molecule has 1 N–H and O–H groups in total. The number of allylic oxidation sites excluding steroid dienone is 1. The van der Waals surface area contributed by atoms with E-state index in [9.17, 15) is 5.11 Å². The van der Waals surface area contributed by atoms with Gasteiger partial charge in [-0.2, -0.15) is 0 Å². The van der Waals surface area contributed by atoms with Gasteiger partial charge in [-0.3, -0.25) is 0 Å². The fourth-order valence-electron chi connectivity index (χ4n) is 0.896. The molecule has 0 amide bonds. The smallest absolute Gasteiger partial charge is 0.0874 e. The molecule has 0 aromatic rings. The standard InChI is InChI=1S/C10H18OS/c1-5-7-9(11)10(6-2)12-8(3)4/h5-11H,2H2,1,3-4H3. The monoisotopic (exact) mass is 186 g/mol. The van der Waals surface area contributed by atoms with Gasteiger partial charge in [0.2, 0.25) is 0 Å². The summed E-state index contributed by atoms with van der Waals surface area (Å²) in [5, 5.41) is 10.2. The van der Waals surface area contributed by atoms with Crippen molar-refractivity contribution < 1.29 is 5.11 Å². The summed E-state index contributed by atoms with van der Waals surface area (Å²) in [6.07, 6.45) is 5.05. The fraction of sp³-hybridized carbons (Fsp3) is 0.600. The first kappa shape index (κ1) is 11.8. The lowest BCUT2D eigenvalue weighted by Gasteiger charge is -2.17. The van der Waals surface area contributed by atoms with Crippen molar-refractivity contribution >= 4 is 11.8 Å². The van der Waals surface area contributed by atoms with E-state index < -0.39 is 6.10 Å². The van der Waals surface area contributed by atoms with E-state index in [1.165, 1.54) is 0 Å². The summed E-state index contributed by atoms with van der Waals surface area (Å²) in [6.45, 7) is 9.84. The molecule has 0 bridgehead atoms. The van der Waals surface area contributed by atoms with Crippen LogP contribution in [0.4, 0.5) is 0 Å². The van der Waals surface area contributed by atoms with Crippen molar-refractivity contribution in [3.8, 4) is 0 Å². The predicted octanol–water partition coefficient (Wildman–Crippen LogP) is 2.62. The van der Waals surface area contributed by atoms with Crippen molar-refractivity contribution in [1.29, 1.82) is 0 Å². The summed E-state index contributed by atoms with van der Waals surface area (Å²) in [4.78, 5) is 0. The molecule has 0 aromatic carbocycles. The van der Waals surface area contributed by atoms with Crippen molar-refractivity contribution in [3.63, 3.8) is 0 Å². The van der Waals surface area contributed by atoms with Gasteiger partial charge in [-0.15, -0.1) is 18.3 Å². The largest absolute Gasteiger partial charge is 0.388 e. The molecule has 0 spiro atoms. The molecule has 1 nitrogen and oxygen atoms in total. The molecule has 0 fully saturated rings. The van der Waals surface area contributed by atoms with Crippen molar-refractivity contribution in [2.45, 2.75) is 37.4 Å². The maximum atomic E-state index is 9.58. The minimum atomic E-state index is -0.403. The third kappa shape index (κ3) is 4.62. The molecule has 0 aromatic heterocycles. The van der Waals surface area contributed by atoms with Gasteiger partial charge in [0, 0.05) is 0 Å². The van der Waals surface area contributed by atoms with E-state index in [-0.39, 0.29) is 5.25 Å². The van der Waals surface area contributed by atoms with Gasteiger partial charge in [0.1, 0.15) is 0 Å². The molecule has 2 atom stereocenters. The van der Waals surface area contributed by atoms with Gasteiger partial charge in [0.05, 0.1) is 11.4 Å². The average Bonchev–Trinajstić information content (AvgIpc) is 2.00. The van der Waals surface area contributed by atoms with Crippen molar-refractivity contribution in [2.24, 2.45) is 0 Å². The summed E-state index contributed by atoms with van der Waals surface area (Å²) >= 11 is 1.73. The number of rotatable bonds is 5. The van der Waals surface area contributed by atoms with Gasteiger partial charge in [0.15, 0.2) is 0 Å². The lowest BCUT2D eigenvalue weighted by Crippen LogP contribution is -2.19. The van der Waals surface area contributed by atoms with Crippen molar-refractivity contribution in [2.75, 3.05) is 0 Å². The normalized spacial score (nSPS) is 16.8. The lowest BCUT2D eigenvalue weighted by molar-refractivity contribution is 0.231. The molecule has 0 heterocycles. The fourth-order valence-corrected chi connectivity index (χ4v) is 1.89. The van der Waals surface area contributed by atoms with Gasteiger partial charge in [-0.05, 0) is 12.2 Å². The third-order valence-electron chi connectivity index (χ3n) is 1.39. The second-order valence-corrected chi connectivity index (χ2v) is 4.66. The van der Waals surface area contributed by atoms with Crippen LogP contribution in [0.1, 0.15) is 20.8 Å². The van der Waals surface area contributed by atoms with Crippen LogP contribution in [0, 0.1) is 0 Å². The molecule has 0 aliphatic carbocycles. The highest BCUT2D eigenvalue weighted by Crippen LogP contribution is 2.21. The molecule has 12 heavy (non-hydrogen) atoms. The Balaban J connectivity index is 4.04. The van der Waals surface area contributed by atoms with E-state index in [1.807, 2.05) is 13.0 Å². The van der Waals surface area contributed by atoms with Crippen molar-refractivity contribution in [1.82, 2.24) is 0 Å². The first-order chi connectivity index (χ1) is 5.61. The maximum Gasteiger partial charge on any atom is 0.0874 e. The topological polar surface area (TPSA) is 20.2 Å². The quantitative estimate of drug-likeness (QED) is 0.666. The van der Waals surface area contributed by atoms with Gasteiger partial charge in [0.25, 0.3) is 0 Å². The number of hydrogen-bond acceptors (Lipinski definition) is 2. The van der Waals surface area contributed by atoms with Crippen LogP contribution in [-0.4, -0.2) is 21.7 Å². The maximum absolute atomic E-state index is 9.58. The Morgan fingerprint density at radius 3 is 2.33 bits per heavy atom. The van der Waals surface area contributed by atoms with Gasteiger partial charge in [-0.1, -0.05) is 32.1 Å². The molecular weight excluding hydrogens is 168 g/mol. The summed E-state index contributed by atoms with van der Waals surface area (Å²) in [7, 11) is 0. The Kier molecular flexibility index (Phi) is 6.21. The Bertz CT molecular complexity index is 152. The Hall–Kier alpha value is -0.210. The number of thioether (sulfide) groups is 1. The van der Waals surface area contributed by atoms with Crippen LogP contribution >= 0.6 is 11.8 Å². The second-order valence-electron chi connectivity index (χ2n) is 2.90. The van der Waals surface area contributed by atoms with Crippen LogP contribution < -0.4 is 0 Å². The van der Waals surface area contributed by atoms with Crippen molar-refractivity contribution in [3.05, 3.63) is 24.8 Å². The number of aliphatic hydroxyl groups excluding tert-OH is 1. The number of aliphatic hydroxyl groups is 1. The van der Waals surface area contributed by atoms with Crippen LogP contribution in [-0.2, 0) is 0 Å². The summed E-state index contributed by atoms with van der Waals surface area (Å²) in [5.74, 6) is 0. The highest BCUT2D eigenvalue weighted by molar-refractivity contribution is 8.00. The first-order valence-electron chi connectivity index (χ1n) is 4.20. The van der Waals surface area contributed by atoms with Crippen LogP contribution in [0.5, 0.6) is 0 Å². The second kappa shape index (κ2) is 6.32. The third-order valence-corrected chi connectivity index (χ3v) is 2.72. The molecule has 0 saturated heterocycles. The summed E-state index contributed by atoms with van der Waals surface area (Å²) in [5.41, 5.74) is 0. The van der Waals surface area contributed by atoms with Crippen LogP contribution in [0.15, 0.2) is 24.8 Å². The van der Waals surface area contributed by atoms with Crippen LogP contribution in [0.3, 0.4) is 0 Å². The summed E-state index contributed by atoms with van der Waals surface area (Å²) < 4.78 is 0. The molecule has 2 heteroatoms. The average molecular weight is 186 g/mol. The van der Waals surface area contributed by atoms with Crippen LogP contribution in [0.2, 0.25) is 0 Å². The Labute approximate surface area is 79.6 Å². The summed E-state index contributed by atoms with van der Waals surface area (Å²) in [6, 6.07) is 0. The van der Waals surface area contributed by atoms with E-state index in [4.69, 9.17) is 0 Å². The highest BCUT2D eigenvalue weighted by atomic mass is 32.2. The minimum Gasteiger partial charge on any atom is -0.388 e. The zero-order chi connectivity index (χ0) is 9.56. The Morgan fingerprint density at radius 1 is 1.42 bits per heavy atom. The SMILES string of the molecule is C=CC(SC(C)C)C(O)C=CC. The molecule has 0 radical (unpaired) electrons. The predicted molar refractivity (Wildman–Crippen MR) is 57.5 cm³/mol. The van der Waals surface area contributed by atoms with Gasteiger partial charge < -0.3 is 5.11 Å². The lowest BCUT2D eigenvalue weighted by atomic mass is 10.2. The first-order valence-corrected chi connectivity index (χ1v) is 5.15. The van der Waals surface area contributed by atoms with Gasteiger partial charge in [-0.25, -0.2) is 0 Å². The molecule has 0 aliphatic heterocycles. The van der Waals surface area contributed by atoms with E-state index in [0.29, 0.717) is 5.25 Å². The molecular formula is C10H18OS. The zero-order valence-electron chi connectivity index (χ0n) is 8.03. The van der Waals surface area contributed by atoms with E-state index in [0.717, 1.165) is 0 Å².